The van der Waals surface area contributed by atoms with Crippen molar-refractivity contribution >= 4 is 23.2 Å². The first-order chi connectivity index (χ1) is 12.0. The number of halogens is 1. The maximum atomic E-state index is 13.4. The minimum Gasteiger partial charge on any atom is -0.481 e. The van der Waals surface area contributed by atoms with Crippen molar-refractivity contribution in [3.8, 4) is 5.75 Å². The largest absolute Gasteiger partial charge is 0.481 e. The van der Waals surface area contributed by atoms with E-state index in [1.807, 2.05) is 31.1 Å². The third-order valence-electron chi connectivity index (χ3n) is 3.31. The van der Waals surface area contributed by atoms with Crippen LogP contribution in [0, 0.1) is 5.82 Å². The number of hydrogen-bond acceptors (Lipinski definition) is 4. The van der Waals surface area contributed by atoms with Crippen molar-refractivity contribution in [1.82, 2.24) is 5.32 Å². The molecule has 2 N–H and O–H groups in total. The molecule has 0 bridgehead atoms. The Hall–Kier alpha value is -3.09. The molecule has 0 spiro atoms. The predicted octanol–water partition coefficient (Wildman–Crippen LogP) is 2.03. The first-order valence-electron chi connectivity index (χ1n) is 7.67. The third-order valence-corrected chi connectivity index (χ3v) is 3.31. The number of nitrogens with one attached hydrogen (secondary N) is 2. The van der Waals surface area contributed by atoms with E-state index in [-0.39, 0.29) is 24.8 Å². The zero-order chi connectivity index (χ0) is 18.2. The topological polar surface area (TPSA) is 70.7 Å². The van der Waals surface area contributed by atoms with Crippen LogP contribution in [0.25, 0.3) is 0 Å². The Balaban J connectivity index is 1.74. The van der Waals surface area contributed by atoms with E-state index in [2.05, 4.69) is 10.6 Å². The van der Waals surface area contributed by atoms with E-state index in [1.54, 1.807) is 18.2 Å². The van der Waals surface area contributed by atoms with Gasteiger partial charge in [0.05, 0.1) is 6.54 Å². The second kappa shape index (κ2) is 8.68. The summed E-state index contributed by atoms with van der Waals surface area (Å²) in [5.41, 5.74) is 1.64. The number of ether oxygens (including phenoxy) is 1. The van der Waals surface area contributed by atoms with Gasteiger partial charge >= 0.3 is 0 Å². The standard InChI is InChI=1S/C18H20FN3O3/c1-22(2)14-9-7-13(8-10-14)21-17(23)11-20-18(24)12-25-16-6-4-3-5-15(16)19/h3-10H,11-12H2,1-2H3,(H,20,24)(H,21,23). The number of rotatable bonds is 7. The summed E-state index contributed by atoms with van der Waals surface area (Å²) in [6, 6.07) is 13.1. The van der Waals surface area contributed by atoms with E-state index in [9.17, 15) is 14.0 Å². The average Bonchev–Trinajstić information content (AvgIpc) is 2.59. The summed E-state index contributed by atoms with van der Waals surface area (Å²) >= 11 is 0. The number of benzene rings is 2. The van der Waals surface area contributed by atoms with E-state index >= 15 is 0 Å². The van der Waals surface area contributed by atoms with Crippen LogP contribution in [0.4, 0.5) is 15.8 Å². The monoisotopic (exact) mass is 345 g/mol. The molecule has 0 aromatic heterocycles. The Labute approximate surface area is 145 Å². The molecule has 0 saturated heterocycles. The second-order valence-corrected chi connectivity index (χ2v) is 5.49. The molecule has 0 atom stereocenters. The highest BCUT2D eigenvalue weighted by atomic mass is 19.1. The van der Waals surface area contributed by atoms with Crippen LogP contribution in [-0.4, -0.2) is 39.1 Å². The van der Waals surface area contributed by atoms with Crippen LogP contribution in [0.3, 0.4) is 0 Å². The SMILES string of the molecule is CN(C)c1ccc(NC(=O)CNC(=O)COc2ccccc2F)cc1. The fourth-order valence-corrected chi connectivity index (χ4v) is 1.98. The molecular formula is C18H20FN3O3. The summed E-state index contributed by atoms with van der Waals surface area (Å²) in [4.78, 5) is 25.4. The van der Waals surface area contributed by atoms with Gasteiger partial charge < -0.3 is 20.3 Å². The van der Waals surface area contributed by atoms with Gasteiger partial charge in [-0.3, -0.25) is 9.59 Å². The van der Waals surface area contributed by atoms with Gasteiger partial charge in [0, 0.05) is 25.5 Å². The number of amides is 2. The van der Waals surface area contributed by atoms with E-state index < -0.39 is 11.7 Å². The molecule has 0 unspecified atom stereocenters. The molecule has 0 saturated carbocycles. The lowest BCUT2D eigenvalue weighted by molar-refractivity contribution is -0.125. The highest BCUT2D eigenvalue weighted by molar-refractivity contribution is 5.94. The molecule has 0 radical (unpaired) electrons. The quantitative estimate of drug-likeness (QED) is 0.805. The summed E-state index contributed by atoms with van der Waals surface area (Å²) < 4.78 is 18.4. The first-order valence-corrected chi connectivity index (χ1v) is 7.67. The normalized spacial score (nSPS) is 10.0. The Kier molecular flexibility index (Phi) is 6.33. The van der Waals surface area contributed by atoms with E-state index in [0.717, 1.165) is 5.69 Å². The molecule has 132 valence electrons. The van der Waals surface area contributed by atoms with Gasteiger partial charge in [-0.25, -0.2) is 4.39 Å². The number of nitrogens with zero attached hydrogens (tertiary/aromatic N) is 1. The van der Waals surface area contributed by atoms with Crippen molar-refractivity contribution in [2.45, 2.75) is 0 Å². The lowest BCUT2D eigenvalue weighted by atomic mass is 10.2. The highest BCUT2D eigenvalue weighted by Gasteiger charge is 2.08. The number of para-hydroxylation sites is 1. The molecule has 0 aliphatic carbocycles. The van der Waals surface area contributed by atoms with E-state index in [1.165, 1.54) is 18.2 Å². The number of hydrogen-bond donors (Lipinski definition) is 2. The van der Waals surface area contributed by atoms with Gasteiger partial charge in [0.1, 0.15) is 0 Å². The maximum absolute atomic E-state index is 13.4. The highest BCUT2D eigenvalue weighted by Crippen LogP contribution is 2.16. The average molecular weight is 345 g/mol. The molecular weight excluding hydrogens is 325 g/mol. The predicted molar refractivity (Wildman–Crippen MR) is 94.3 cm³/mol. The van der Waals surface area contributed by atoms with E-state index in [0.29, 0.717) is 5.69 Å². The van der Waals surface area contributed by atoms with Gasteiger partial charge in [0.2, 0.25) is 5.91 Å². The zero-order valence-electron chi connectivity index (χ0n) is 14.1. The van der Waals surface area contributed by atoms with E-state index in [4.69, 9.17) is 4.74 Å². The fraction of sp³-hybridized carbons (Fsp3) is 0.222. The summed E-state index contributed by atoms with van der Waals surface area (Å²) in [5, 5.41) is 5.09. The zero-order valence-corrected chi connectivity index (χ0v) is 14.1. The van der Waals surface area contributed by atoms with Crippen LogP contribution < -0.4 is 20.3 Å². The maximum Gasteiger partial charge on any atom is 0.258 e. The number of anilines is 2. The first kappa shape index (κ1) is 18.3. The molecule has 6 nitrogen and oxygen atoms in total. The molecule has 0 aliphatic heterocycles. The Morgan fingerprint density at radius 1 is 1.04 bits per heavy atom. The Morgan fingerprint density at radius 3 is 2.36 bits per heavy atom. The lowest BCUT2D eigenvalue weighted by Gasteiger charge is -2.13. The molecule has 2 rings (SSSR count). The molecule has 0 heterocycles. The molecule has 25 heavy (non-hydrogen) atoms. The summed E-state index contributed by atoms with van der Waals surface area (Å²) in [7, 11) is 3.85. The molecule has 7 heteroatoms. The van der Waals surface area contributed by atoms with Gasteiger partial charge in [0.15, 0.2) is 18.2 Å². The van der Waals surface area contributed by atoms with Crippen molar-refractivity contribution in [2.24, 2.45) is 0 Å². The summed E-state index contributed by atoms with van der Waals surface area (Å²) in [5.74, 6) is -1.43. The fourth-order valence-electron chi connectivity index (χ4n) is 1.98. The van der Waals surface area contributed by atoms with Crippen LogP contribution in [0.1, 0.15) is 0 Å². The van der Waals surface area contributed by atoms with Gasteiger partial charge in [-0.05, 0) is 36.4 Å². The van der Waals surface area contributed by atoms with Crippen LogP contribution in [0.15, 0.2) is 48.5 Å². The molecule has 0 fully saturated rings. The van der Waals surface area contributed by atoms with Crippen LogP contribution in [0.5, 0.6) is 5.75 Å². The van der Waals surface area contributed by atoms with Crippen molar-refractivity contribution in [3.63, 3.8) is 0 Å². The lowest BCUT2D eigenvalue weighted by Crippen LogP contribution is -2.35. The summed E-state index contributed by atoms with van der Waals surface area (Å²) in [6.07, 6.45) is 0. The Bertz CT molecular complexity index is 733. The number of carbonyl (C=O) groups is 2. The van der Waals surface area contributed by atoms with Crippen molar-refractivity contribution in [3.05, 3.63) is 54.3 Å². The minimum atomic E-state index is -0.547. The molecule has 2 amide bonds. The summed E-state index contributed by atoms with van der Waals surface area (Å²) in [6.45, 7) is -0.569. The molecule has 2 aromatic rings. The van der Waals surface area contributed by atoms with Crippen molar-refractivity contribution < 1.29 is 18.7 Å². The molecule has 0 aliphatic rings. The van der Waals surface area contributed by atoms with Crippen LogP contribution in [-0.2, 0) is 9.59 Å². The van der Waals surface area contributed by atoms with Crippen molar-refractivity contribution in [2.75, 3.05) is 37.5 Å². The number of carbonyl (C=O) groups excluding carboxylic acids is 2. The van der Waals surface area contributed by atoms with Gasteiger partial charge in [-0.1, -0.05) is 12.1 Å². The minimum absolute atomic E-state index is 0.0110. The van der Waals surface area contributed by atoms with Crippen LogP contribution >= 0.6 is 0 Å². The van der Waals surface area contributed by atoms with Crippen LogP contribution in [0.2, 0.25) is 0 Å². The van der Waals surface area contributed by atoms with Gasteiger partial charge in [-0.2, -0.15) is 0 Å². The smallest absolute Gasteiger partial charge is 0.258 e. The van der Waals surface area contributed by atoms with Gasteiger partial charge in [-0.15, -0.1) is 0 Å². The van der Waals surface area contributed by atoms with Crippen molar-refractivity contribution in [1.29, 1.82) is 0 Å². The Morgan fingerprint density at radius 2 is 1.72 bits per heavy atom. The molecule has 2 aromatic carbocycles. The van der Waals surface area contributed by atoms with Gasteiger partial charge in [0.25, 0.3) is 5.91 Å². The third kappa shape index (κ3) is 5.80. The second-order valence-electron chi connectivity index (χ2n) is 5.49.